The summed E-state index contributed by atoms with van der Waals surface area (Å²) in [5.74, 6) is -0.725. The standard InChI is InChI=1S/C14H17NO2/c16-13(17)14(15-11-7-8-11)9-3-5-10-4-1-2-6-12(10)14/h1-2,4,6,11,15H,3,5,7-9H2,(H,16,17). The van der Waals surface area contributed by atoms with Gasteiger partial charge in [-0.05, 0) is 43.2 Å². The lowest BCUT2D eigenvalue weighted by Crippen LogP contribution is -2.52. The highest BCUT2D eigenvalue weighted by molar-refractivity contribution is 5.82. The van der Waals surface area contributed by atoms with E-state index in [0.717, 1.165) is 31.2 Å². The summed E-state index contributed by atoms with van der Waals surface area (Å²) in [6.07, 6.45) is 4.87. The maximum absolute atomic E-state index is 11.7. The van der Waals surface area contributed by atoms with Gasteiger partial charge in [0.15, 0.2) is 0 Å². The highest BCUT2D eigenvalue weighted by Crippen LogP contribution is 2.38. The fourth-order valence-corrected chi connectivity index (χ4v) is 2.84. The second kappa shape index (κ2) is 3.84. The third kappa shape index (κ3) is 1.75. The highest BCUT2D eigenvalue weighted by atomic mass is 16.4. The van der Waals surface area contributed by atoms with Crippen LogP contribution in [0.5, 0.6) is 0 Å². The minimum Gasteiger partial charge on any atom is -0.480 e. The Hall–Kier alpha value is -1.35. The number of nitrogens with one attached hydrogen (secondary N) is 1. The average molecular weight is 231 g/mol. The maximum Gasteiger partial charge on any atom is 0.328 e. The Balaban J connectivity index is 2.06. The second-order valence-electron chi connectivity index (χ2n) is 5.14. The zero-order valence-electron chi connectivity index (χ0n) is 9.78. The molecule has 0 spiro atoms. The van der Waals surface area contributed by atoms with E-state index in [0.29, 0.717) is 12.5 Å². The van der Waals surface area contributed by atoms with Crippen LogP contribution in [0.2, 0.25) is 0 Å². The molecule has 0 saturated heterocycles. The van der Waals surface area contributed by atoms with Crippen LogP contribution in [0.1, 0.15) is 36.8 Å². The molecule has 90 valence electrons. The first-order valence-electron chi connectivity index (χ1n) is 6.32. The molecule has 2 aliphatic rings. The van der Waals surface area contributed by atoms with Gasteiger partial charge in [0, 0.05) is 6.04 Å². The van der Waals surface area contributed by atoms with Gasteiger partial charge >= 0.3 is 5.97 Å². The normalized spacial score (nSPS) is 27.5. The van der Waals surface area contributed by atoms with E-state index < -0.39 is 11.5 Å². The van der Waals surface area contributed by atoms with Crippen molar-refractivity contribution in [1.82, 2.24) is 5.32 Å². The van der Waals surface area contributed by atoms with E-state index in [1.807, 2.05) is 18.2 Å². The second-order valence-corrected chi connectivity index (χ2v) is 5.14. The van der Waals surface area contributed by atoms with Gasteiger partial charge in [-0.2, -0.15) is 0 Å². The van der Waals surface area contributed by atoms with E-state index in [-0.39, 0.29) is 0 Å². The minimum atomic E-state index is -0.837. The third-order valence-corrected chi connectivity index (χ3v) is 3.87. The van der Waals surface area contributed by atoms with E-state index in [1.165, 1.54) is 5.56 Å². The van der Waals surface area contributed by atoms with Crippen LogP contribution >= 0.6 is 0 Å². The smallest absolute Gasteiger partial charge is 0.328 e. The number of fused-ring (bicyclic) bond motifs is 1. The molecule has 0 heterocycles. The quantitative estimate of drug-likeness (QED) is 0.837. The lowest BCUT2D eigenvalue weighted by atomic mass is 9.76. The fraction of sp³-hybridized carbons (Fsp3) is 0.500. The molecule has 1 aromatic carbocycles. The molecule has 0 bridgehead atoms. The van der Waals surface area contributed by atoms with Crippen molar-refractivity contribution in [2.75, 3.05) is 0 Å². The van der Waals surface area contributed by atoms with Gasteiger partial charge in [0.1, 0.15) is 5.54 Å². The predicted molar refractivity (Wildman–Crippen MR) is 64.9 cm³/mol. The van der Waals surface area contributed by atoms with Crippen LogP contribution in [0.3, 0.4) is 0 Å². The largest absolute Gasteiger partial charge is 0.480 e. The lowest BCUT2D eigenvalue weighted by molar-refractivity contribution is -0.146. The Kier molecular flexibility index (Phi) is 2.44. The molecule has 1 unspecified atom stereocenters. The molecular weight excluding hydrogens is 214 g/mol. The zero-order chi connectivity index (χ0) is 11.9. The van der Waals surface area contributed by atoms with Gasteiger partial charge in [0.05, 0.1) is 0 Å². The van der Waals surface area contributed by atoms with Crippen LogP contribution in [0.4, 0.5) is 0 Å². The minimum absolute atomic E-state index is 0.400. The van der Waals surface area contributed by atoms with Crippen molar-refractivity contribution >= 4 is 5.97 Å². The van der Waals surface area contributed by atoms with E-state index in [4.69, 9.17) is 0 Å². The number of carboxylic acid groups (broad SMARTS) is 1. The molecule has 1 aromatic rings. The molecule has 1 atom stereocenters. The van der Waals surface area contributed by atoms with Crippen LogP contribution in [0, 0.1) is 0 Å². The van der Waals surface area contributed by atoms with Crippen molar-refractivity contribution in [1.29, 1.82) is 0 Å². The van der Waals surface area contributed by atoms with Gasteiger partial charge in [-0.15, -0.1) is 0 Å². The number of carboxylic acids is 1. The molecule has 3 rings (SSSR count). The van der Waals surface area contributed by atoms with Gasteiger partial charge in [-0.3, -0.25) is 5.32 Å². The molecule has 17 heavy (non-hydrogen) atoms. The van der Waals surface area contributed by atoms with E-state index in [9.17, 15) is 9.90 Å². The Morgan fingerprint density at radius 3 is 2.82 bits per heavy atom. The van der Waals surface area contributed by atoms with Crippen LogP contribution in [-0.4, -0.2) is 17.1 Å². The van der Waals surface area contributed by atoms with Crippen LogP contribution in [-0.2, 0) is 16.8 Å². The Morgan fingerprint density at radius 2 is 2.12 bits per heavy atom. The first-order chi connectivity index (χ1) is 8.22. The highest BCUT2D eigenvalue weighted by Gasteiger charge is 2.46. The third-order valence-electron chi connectivity index (χ3n) is 3.87. The molecule has 0 amide bonds. The van der Waals surface area contributed by atoms with Crippen molar-refractivity contribution in [3.63, 3.8) is 0 Å². The monoisotopic (exact) mass is 231 g/mol. The molecule has 2 N–H and O–H groups in total. The Bertz CT molecular complexity index is 453. The van der Waals surface area contributed by atoms with Crippen LogP contribution < -0.4 is 5.32 Å². The van der Waals surface area contributed by atoms with E-state index >= 15 is 0 Å². The summed E-state index contributed by atoms with van der Waals surface area (Å²) >= 11 is 0. The van der Waals surface area contributed by atoms with Gasteiger partial charge in [-0.25, -0.2) is 4.79 Å². The van der Waals surface area contributed by atoms with E-state index in [2.05, 4.69) is 11.4 Å². The average Bonchev–Trinajstić information content (AvgIpc) is 3.13. The topological polar surface area (TPSA) is 49.3 Å². The molecule has 0 radical (unpaired) electrons. The summed E-state index contributed by atoms with van der Waals surface area (Å²) in [6.45, 7) is 0. The van der Waals surface area contributed by atoms with Crippen molar-refractivity contribution in [3.8, 4) is 0 Å². The van der Waals surface area contributed by atoms with Crippen molar-refractivity contribution in [2.24, 2.45) is 0 Å². The fourth-order valence-electron chi connectivity index (χ4n) is 2.84. The number of hydrogen-bond donors (Lipinski definition) is 2. The number of benzene rings is 1. The number of aryl methyl sites for hydroxylation is 1. The number of hydrogen-bond acceptors (Lipinski definition) is 2. The van der Waals surface area contributed by atoms with Crippen molar-refractivity contribution < 1.29 is 9.90 Å². The number of aliphatic carboxylic acids is 1. The SMILES string of the molecule is O=C(O)C1(NC2CC2)CCCc2ccccc21. The molecule has 3 nitrogen and oxygen atoms in total. The summed E-state index contributed by atoms with van der Waals surface area (Å²) in [7, 11) is 0. The Morgan fingerprint density at radius 1 is 1.35 bits per heavy atom. The van der Waals surface area contributed by atoms with Crippen molar-refractivity contribution in [2.45, 2.75) is 43.7 Å². The molecule has 3 heteroatoms. The zero-order valence-corrected chi connectivity index (χ0v) is 9.78. The summed E-state index contributed by atoms with van der Waals surface area (Å²) in [5.41, 5.74) is 1.33. The molecule has 0 aliphatic heterocycles. The molecule has 2 aliphatic carbocycles. The van der Waals surface area contributed by atoms with Crippen molar-refractivity contribution in [3.05, 3.63) is 35.4 Å². The van der Waals surface area contributed by atoms with E-state index in [1.54, 1.807) is 0 Å². The molecule has 1 saturated carbocycles. The molecule has 1 fully saturated rings. The van der Waals surface area contributed by atoms with Gasteiger partial charge < -0.3 is 5.11 Å². The number of rotatable bonds is 3. The van der Waals surface area contributed by atoms with Gasteiger partial charge in [0.25, 0.3) is 0 Å². The molecular formula is C14H17NO2. The van der Waals surface area contributed by atoms with Gasteiger partial charge in [-0.1, -0.05) is 24.3 Å². The van der Waals surface area contributed by atoms with Gasteiger partial charge in [0.2, 0.25) is 0 Å². The molecule has 0 aromatic heterocycles. The summed E-state index contributed by atoms with van der Waals surface area (Å²) in [6, 6.07) is 8.36. The summed E-state index contributed by atoms with van der Waals surface area (Å²) in [4.78, 5) is 11.7. The van der Waals surface area contributed by atoms with Crippen LogP contribution in [0.15, 0.2) is 24.3 Å². The predicted octanol–water partition coefficient (Wildman–Crippen LogP) is 2.05. The first-order valence-corrected chi connectivity index (χ1v) is 6.32. The summed E-state index contributed by atoms with van der Waals surface area (Å²) in [5, 5.41) is 13.0. The maximum atomic E-state index is 11.7. The first kappa shape index (κ1) is 10.8. The Labute approximate surface area is 101 Å². The number of carbonyl (C=O) groups is 1. The van der Waals surface area contributed by atoms with Crippen LogP contribution in [0.25, 0.3) is 0 Å². The lowest BCUT2D eigenvalue weighted by Gasteiger charge is -2.36. The summed E-state index contributed by atoms with van der Waals surface area (Å²) < 4.78 is 0.